The van der Waals surface area contributed by atoms with Gasteiger partial charge in [-0.25, -0.2) is 4.79 Å². The fourth-order valence-electron chi connectivity index (χ4n) is 2.15. The number of carboxylic acid groups (broad SMARTS) is 1. The first-order valence-corrected chi connectivity index (χ1v) is 7.22. The topological polar surface area (TPSA) is 102 Å². The highest BCUT2D eigenvalue weighted by Gasteiger charge is 2.26. The molecule has 0 aromatic carbocycles. The smallest absolute Gasteiger partial charge is 0.320 e. The minimum atomic E-state index is -0.852. The number of carbonyl (C=O) groups is 3. The lowest BCUT2D eigenvalue weighted by atomic mass is 10.2. The summed E-state index contributed by atoms with van der Waals surface area (Å²) in [5, 5.41) is 14.3. The molecule has 1 fully saturated rings. The zero-order chi connectivity index (χ0) is 15.8. The van der Waals surface area contributed by atoms with Crippen molar-refractivity contribution in [2.45, 2.75) is 26.3 Å². The summed E-state index contributed by atoms with van der Waals surface area (Å²) in [5.74, 6) is -0.937. The van der Waals surface area contributed by atoms with Gasteiger partial charge >= 0.3 is 12.0 Å². The Kier molecular flexibility index (Phi) is 6.93. The monoisotopic (exact) mass is 300 g/mol. The third-order valence-electron chi connectivity index (χ3n) is 3.51. The van der Waals surface area contributed by atoms with E-state index in [1.807, 2.05) is 11.8 Å². The summed E-state index contributed by atoms with van der Waals surface area (Å²) in [5.41, 5.74) is 0. The molecular formula is C13H24N4O4. The van der Waals surface area contributed by atoms with Crippen molar-refractivity contribution >= 4 is 17.9 Å². The van der Waals surface area contributed by atoms with Gasteiger partial charge in [0.05, 0.1) is 0 Å². The Balaban J connectivity index is 2.26. The van der Waals surface area contributed by atoms with Crippen molar-refractivity contribution in [3.8, 4) is 0 Å². The van der Waals surface area contributed by atoms with Gasteiger partial charge in [-0.2, -0.15) is 0 Å². The van der Waals surface area contributed by atoms with Gasteiger partial charge in [0.2, 0.25) is 5.91 Å². The molecule has 0 spiro atoms. The van der Waals surface area contributed by atoms with Crippen molar-refractivity contribution in [2.75, 3.05) is 39.3 Å². The van der Waals surface area contributed by atoms with Crippen LogP contribution in [0.15, 0.2) is 0 Å². The maximum atomic E-state index is 11.9. The zero-order valence-electron chi connectivity index (χ0n) is 12.6. The van der Waals surface area contributed by atoms with Gasteiger partial charge in [0.15, 0.2) is 0 Å². The first-order valence-electron chi connectivity index (χ1n) is 7.22. The molecule has 0 saturated carbocycles. The van der Waals surface area contributed by atoms with Crippen LogP contribution in [0, 0.1) is 0 Å². The van der Waals surface area contributed by atoms with Crippen LogP contribution in [0.4, 0.5) is 4.79 Å². The minimum absolute atomic E-state index is 0.0853. The molecule has 3 amide bonds. The summed E-state index contributed by atoms with van der Waals surface area (Å²) >= 11 is 0. The van der Waals surface area contributed by atoms with Crippen LogP contribution in [0.1, 0.15) is 20.3 Å². The molecule has 0 aromatic heterocycles. The predicted molar refractivity (Wildman–Crippen MR) is 76.9 cm³/mol. The van der Waals surface area contributed by atoms with Gasteiger partial charge < -0.3 is 20.6 Å². The molecule has 1 saturated heterocycles. The van der Waals surface area contributed by atoms with Crippen LogP contribution >= 0.6 is 0 Å². The lowest BCUT2D eigenvalue weighted by molar-refractivity contribution is -0.143. The lowest BCUT2D eigenvalue weighted by Crippen LogP contribution is -2.55. The lowest BCUT2D eigenvalue weighted by Gasteiger charge is -2.36. The molecule has 0 bridgehead atoms. The number of piperazine rings is 1. The molecule has 0 radical (unpaired) electrons. The van der Waals surface area contributed by atoms with Crippen molar-refractivity contribution in [2.24, 2.45) is 0 Å². The highest BCUT2D eigenvalue weighted by molar-refractivity contribution is 5.78. The number of hydrogen-bond donors (Lipinski definition) is 3. The Labute approximate surface area is 124 Å². The molecule has 1 unspecified atom stereocenters. The number of carbonyl (C=O) groups excluding carboxylic acids is 2. The maximum absolute atomic E-state index is 11.9. The summed E-state index contributed by atoms with van der Waals surface area (Å²) in [6.45, 7) is 6.43. The Morgan fingerprint density at radius 2 is 1.76 bits per heavy atom. The van der Waals surface area contributed by atoms with Crippen LogP contribution in [0.2, 0.25) is 0 Å². The van der Waals surface area contributed by atoms with E-state index < -0.39 is 12.0 Å². The van der Waals surface area contributed by atoms with E-state index in [9.17, 15) is 14.4 Å². The number of urea groups is 1. The van der Waals surface area contributed by atoms with Crippen molar-refractivity contribution < 1.29 is 19.5 Å². The minimum Gasteiger partial charge on any atom is -0.480 e. The number of nitrogens with one attached hydrogen (secondary N) is 2. The highest BCUT2D eigenvalue weighted by atomic mass is 16.4. The Morgan fingerprint density at radius 3 is 2.29 bits per heavy atom. The Hall–Kier alpha value is -1.83. The number of amides is 3. The van der Waals surface area contributed by atoms with Crippen LogP contribution in [0.5, 0.6) is 0 Å². The van der Waals surface area contributed by atoms with Gasteiger partial charge in [-0.15, -0.1) is 0 Å². The normalized spacial score (nSPS) is 17.1. The van der Waals surface area contributed by atoms with Crippen molar-refractivity contribution in [3.63, 3.8) is 0 Å². The molecule has 8 heteroatoms. The average molecular weight is 300 g/mol. The van der Waals surface area contributed by atoms with Gasteiger partial charge in [-0.1, -0.05) is 0 Å². The molecule has 1 atom stereocenters. The van der Waals surface area contributed by atoms with Crippen LogP contribution in [0.25, 0.3) is 0 Å². The molecule has 3 N–H and O–H groups in total. The van der Waals surface area contributed by atoms with Gasteiger partial charge in [-0.05, 0) is 13.8 Å². The average Bonchev–Trinajstić information content (AvgIpc) is 2.46. The number of nitrogens with zero attached hydrogens (tertiary/aromatic N) is 2. The van der Waals surface area contributed by atoms with Crippen molar-refractivity contribution in [3.05, 3.63) is 0 Å². The number of aliphatic carboxylic acids is 1. The van der Waals surface area contributed by atoms with Gasteiger partial charge in [0, 0.05) is 45.7 Å². The Bertz CT molecular complexity index is 380. The zero-order valence-corrected chi connectivity index (χ0v) is 12.6. The second kappa shape index (κ2) is 8.46. The largest absolute Gasteiger partial charge is 0.480 e. The maximum Gasteiger partial charge on any atom is 0.320 e. The van der Waals surface area contributed by atoms with Crippen LogP contribution in [0.3, 0.4) is 0 Å². The first-order chi connectivity index (χ1) is 9.95. The molecular weight excluding hydrogens is 276 g/mol. The van der Waals surface area contributed by atoms with Gasteiger partial charge in [-0.3, -0.25) is 14.5 Å². The highest BCUT2D eigenvalue weighted by Crippen LogP contribution is 2.06. The van der Waals surface area contributed by atoms with E-state index >= 15 is 0 Å². The number of hydrogen-bond acceptors (Lipinski definition) is 4. The molecule has 1 heterocycles. The van der Waals surface area contributed by atoms with E-state index in [-0.39, 0.29) is 18.4 Å². The summed E-state index contributed by atoms with van der Waals surface area (Å²) < 4.78 is 0. The summed E-state index contributed by atoms with van der Waals surface area (Å²) in [7, 11) is 0. The number of carboxylic acids is 1. The molecule has 1 aliphatic rings. The third kappa shape index (κ3) is 5.58. The fraction of sp³-hybridized carbons (Fsp3) is 0.769. The summed E-state index contributed by atoms with van der Waals surface area (Å²) in [4.78, 5) is 37.5. The van der Waals surface area contributed by atoms with E-state index in [0.717, 1.165) is 0 Å². The van der Waals surface area contributed by atoms with E-state index in [1.165, 1.54) is 0 Å². The van der Waals surface area contributed by atoms with E-state index in [2.05, 4.69) is 10.6 Å². The molecule has 0 aliphatic carbocycles. The molecule has 0 aromatic rings. The van der Waals surface area contributed by atoms with Crippen LogP contribution < -0.4 is 10.6 Å². The van der Waals surface area contributed by atoms with E-state index in [1.54, 1.807) is 11.8 Å². The Morgan fingerprint density at radius 1 is 1.14 bits per heavy atom. The fourth-order valence-corrected chi connectivity index (χ4v) is 2.15. The molecule has 1 rings (SSSR count). The van der Waals surface area contributed by atoms with Gasteiger partial charge in [0.1, 0.15) is 6.04 Å². The van der Waals surface area contributed by atoms with Crippen molar-refractivity contribution in [1.29, 1.82) is 0 Å². The SMILES string of the molecule is CCNC(=O)CCNC(=O)N1CCN(C(C)C(=O)O)CC1. The van der Waals surface area contributed by atoms with Gasteiger partial charge in [0.25, 0.3) is 0 Å². The van der Waals surface area contributed by atoms with E-state index in [0.29, 0.717) is 39.3 Å². The summed E-state index contributed by atoms with van der Waals surface area (Å²) in [6.07, 6.45) is 0.260. The predicted octanol–water partition coefficient (Wildman–Crippen LogP) is -0.687. The second-order valence-electron chi connectivity index (χ2n) is 4.97. The van der Waals surface area contributed by atoms with Crippen LogP contribution in [-0.2, 0) is 9.59 Å². The summed E-state index contributed by atoms with van der Waals surface area (Å²) in [6, 6.07) is -0.741. The molecule has 21 heavy (non-hydrogen) atoms. The quantitative estimate of drug-likeness (QED) is 0.603. The number of rotatable bonds is 6. The van der Waals surface area contributed by atoms with E-state index in [4.69, 9.17) is 5.11 Å². The first kappa shape index (κ1) is 17.2. The third-order valence-corrected chi connectivity index (χ3v) is 3.51. The molecule has 120 valence electrons. The second-order valence-corrected chi connectivity index (χ2v) is 4.97. The van der Waals surface area contributed by atoms with Crippen LogP contribution in [-0.4, -0.2) is 78.1 Å². The standard InChI is InChI=1S/C13H24N4O4/c1-3-14-11(18)4-5-15-13(21)17-8-6-16(7-9-17)10(2)12(19)20/h10H,3-9H2,1-2H3,(H,14,18)(H,15,21)(H,19,20). The molecule has 1 aliphatic heterocycles. The van der Waals surface area contributed by atoms with Crippen molar-refractivity contribution in [1.82, 2.24) is 20.4 Å². The molecule has 8 nitrogen and oxygen atoms in total.